The Labute approximate surface area is 95.1 Å². The standard InChI is InChI=1S/C11H6ClFO3/c12-8-5-9(13)7(11(14)15)4-6(8)10-2-1-3-16-10/h1-5H,(H,14,15). The summed E-state index contributed by atoms with van der Waals surface area (Å²) in [5, 5.41) is 8.87. The van der Waals surface area contributed by atoms with Gasteiger partial charge in [-0.1, -0.05) is 11.6 Å². The van der Waals surface area contributed by atoms with Crippen LogP contribution in [0.3, 0.4) is 0 Å². The first-order chi connectivity index (χ1) is 7.59. The average molecular weight is 241 g/mol. The number of hydrogen-bond donors (Lipinski definition) is 1. The molecule has 2 aromatic rings. The van der Waals surface area contributed by atoms with Crippen molar-refractivity contribution in [2.24, 2.45) is 0 Å². The van der Waals surface area contributed by atoms with Crippen molar-refractivity contribution in [1.29, 1.82) is 0 Å². The molecule has 0 saturated carbocycles. The summed E-state index contributed by atoms with van der Waals surface area (Å²) >= 11 is 5.80. The number of hydrogen-bond acceptors (Lipinski definition) is 2. The predicted molar refractivity (Wildman–Crippen MR) is 56.1 cm³/mol. The van der Waals surface area contributed by atoms with Crippen LogP contribution in [0.25, 0.3) is 11.3 Å². The highest BCUT2D eigenvalue weighted by Gasteiger charge is 2.16. The van der Waals surface area contributed by atoms with E-state index in [1.165, 1.54) is 6.26 Å². The smallest absolute Gasteiger partial charge is 0.338 e. The minimum atomic E-state index is -1.35. The Morgan fingerprint density at radius 1 is 1.44 bits per heavy atom. The number of carboxylic acids is 1. The predicted octanol–water partition coefficient (Wildman–Crippen LogP) is 3.44. The topological polar surface area (TPSA) is 50.4 Å². The van der Waals surface area contributed by atoms with Crippen LogP contribution in [0, 0.1) is 5.82 Å². The number of rotatable bonds is 2. The molecular weight excluding hydrogens is 235 g/mol. The molecule has 1 N–H and O–H groups in total. The Morgan fingerprint density at radius 3 is 2.75 bits per heavy atom. The molecule has 0 radical (unpaired) electrons. The lowest BCUT2D eigenvalue weighted by atomic mass is 10.1. The van der Waals surface area contributed by atoms with Crippen LogP contribution in [0.1, 0.15) is 10.4 Å². The van der Waals surface area contributed by atoms with Crippen LogP contribution in [0.4, 0.5) is 4.39 Å². The van der Waals surface area contributed by atoms with Crippen molar-refractivity contribution < 1.29 is 18.7 Å². The first kappa shape index (κ1) is 10.7. The molecule has 0 atom stereocenters. The van der Waals surface area contributed by atoms with Gasteiger partial charge in [0.1, 0.15) is 11.6 Å². The molecule has 0 bridgehead atoms. The minimum absolute atomic E-state index is 0.109. The number of halogens is 2. The summed E-state index contributed by atoms with van der Waals surface area (Å²) in [5.74, 6) is -1.82. The fourth-order valence-electron chi connectivity index (χ4n) is 1.33. The van der Waals surface area contributed by atoms with E-state index in [1.54, 1.807) is 12.1 Å². The van der Waals surface area contributed by atoms with Gasteiger partial charge in [0.05, 0.1) is 16.8 Å². The molecule has 0 aliphatic rings. The summed E-state index contributed by atoms with van der Waals surface area (Å²) in [5.41, 5.74) is -0.0822. The first-order valence-electron chi connectivity index (χ1n) is 4.36. The van der Waals surface area contributed by atoms with Crippen LogP contribution in [-0.2, 0) is 0 Å². The van der Waals surface area contributed by atoms with E-state index >= 15 is 0 Å². The van der Waals surface area contributed by atoms with Crippen LogP contribution in [0.2, 0.25) is 5.02 Å². The normalized spacial score (nSPS) is 10.4. The maximum Gasteiger partial charge on any atom is 0.338 e. The van der Waals surface area contributed by atoms with Crippen LogP contribution < -0.4 is 0 Å². The van der Waals surface area contributed by atoms with Crippen molar-refractivity contribution >= 4 is 17.6 Å². The highest BCUT2D eigenvalue weighted by Crippen LogP contribution is 2.30. The van der Waals surface area contributed by atoms with E-state index in [1.807, 2.05) is 0 Å². The van der Waals surface area contributed by atoms with Gasteiger partial charge >= 0.3 is 5.97 Å². The average Bonchev–Trinajstić information content (AvgIpc) is 2.70. The van der Waals surface area contributed by atoms with Gasteiger partial charge in [-0.2, -0.15) is 0 Å². The van der Waals surface area contributed by atoms with Gasteiger partial charge in [0.2, 0.25) is 0 Å². The number of carboxylic acid groups (broad SMARTS) is 1. The van der Waals surface area contributed by atoms with Gasteiger partial charge in [0, 0.05) is 5.56 Å². The number of carbonyl (C=O) groups is 1. The summed E-state index contributed by atoms with van der Waals surface area (Å²) < 4.78 is 18.3. The quantitative estimate of drug-likeness (QED) is 0.875. The molecule has 3 nitrogen and oxygen atoms in total. The molecule has 5 heteroatoms. The summed E-state index contributed by atoms with van der Waals surface area (Å²) in [7, 11) is 0. The zero-order valence-electron chi connectivity index (χ0n) is 7.91. The Balaban J connectivity index is 2.63. The minimum Gasteiger partial charge on any atom is -0.478 e. The SMILES string of the molecule is O=C(O)c1cc(-c2ccco2)c(Cl)cc1F. The zero-order chi connectivity index (χ0) is 11.7. The molecule has 0 unspecified atom stereocenters. The maximum atomic E-state index is 13.2. The van der Waals surface area contributed by atoms with Gasteiger partial charge in [0.25, 0.3) is 0 Å². The number of benzene rings is 1. The highest BCUT2D eigenvalue weighted by molar-refractivity contribution is 6.33. The first-order valence-corrected chi connectivity index (χ1v) is 4.73. The molecule has 1 heterocycles. The summed E-state index contributed by atoms with van der Waals surface area (Å²) in [6.07, 6.45) is 1.43. The number of furan rings is 1. The van der Waals surface area contributed by atoms with Gasteiger partial charge in [-0.25, -0.2) is 9.18 Å². The molecule has 2 rings (SSSR count). The van der Waals surface area contributed by atoms with Gasteiger partial charge in [-0.15, -0.1) is 0 Å². The van der Waals surface area contributed by atoms with E-state index in [9.17, 15) is 9.18 Å². The lowest BCUT2D eigenvalue weighted by molar-refractivity contribution is 0.0692. The third kappa shape index (κ3) is 1.79. The summed E-state index contributed by atoms with van der Waals surface area (Å²) in [6.45, 7) is 0. The Morgan fingerprint density at radius 2 is 2.19 bits per heavy atom. The fourth-order valence-corrected chi connectivity index (χ4v) is 1.58. The van der Waals surface area contributed by atoms with E-state index in [-0.39, 0.29) is 5.02 Å². The van der Waals surface area contributed by atoms with Crippen molar-refractivity contribution in [3.63, 3.8) is 0 Å². The van der Waals surface area contributed by atoms with E-state index in [2.05, 4.69) is 0 Å². The summed E-state index contributed by atoms with van der Waals surface area (Å²) in [6, 6.07) is 5.36. The monoisotopic (exact) mass is 240 g/mol. The molecule has 16 heavy (non-hydrogen) atoms. The van der Waals surface area contributed by atoms with Crippen molar-refractivity contribution in [3.8, 4) is 11.3 Å². The van der Waals surface area contributed by atoms with Crippen LogP contribution in [-0.4, -0.2) is 11.1 Å². The fraction of sp³-hybridized carbons (Fsp3) is 0. The Hall–Kier alpha value is -1.81. The molecule has 0 fully saturated rings. The second-order valence-corrected chi connectivity index (χ2v) is 3.50. The molecule has 0 saturated heterocycles. The lowest BCUT2D eigenvalue weighted by Gasteiger charge is -2.04. The van der Waals surface area contributed by atoms with Gasteiger partial charge in [-0.3, -0.25) is 0 Å². The van der Waals surface area contributed by atoms with Crippen LogP contribution in [0.5, 0.6) is 0 Å². The van der Waals surface area contributed by atoms with Gasteiger partial charge in [0.15, 0.2) is 0 Å². The zero-order valence-corrected chi connectivity index (χ0v) is 8.66. The molecule has 0 aliphatic heterocycles. The van der Waals surface area contributed by atoms with E-state index in [4.69, 9.17) is 21.1 Å². The lowest BCUT2D eigenvalue weighted by Crippen LogP contribution is -2.01. The van der Waals surface area contributed by atoms with E-state index < -0.39 is 17.3 Å². The van der Waals surface area contributed by atoms with E-state index in [0.717, 1.165) is 12.1 Å². The molecule has 82 valence electrons. The van der Waals surface area contributed by atoms with Crippen LogP contribution >= 0.6 is 11.6 Å². The highest BCUT2D eigenvalue weighted by atomic mass is 35.5. The number of aromatic carboxylic acids is 1. The van der Waals surface area contributed by atoms with Gasteiger partial charge < -0.3 is 9.52 Å². The summed E-state index contributed by atoms with van der Waals surface area (Å²) in [4.78, 5) is 10.7. The second kappa shape index (κ2) is 3.98. The van der Waals surface area contributed by atoms with E-state index in [0.29, 0.717) is 11.3 Å². The molecule has 1 aromatic carbocycles. The Kier molecular flexibility index (Phi) is 2.66. The van der Waals surface area contributed by atoms with Crippen molar-refractivity contribution in [3.05, 3.63) is 46.9 Å². The molecule has 0 aliphatic carbocycles. The molecule has 1 aromatic heterocycles. The second-order valence-electron chi connectivity index (χ2n) is 3.09. The third-order valence-electron chi connectivity index (χ3n) is 2.07. The molecule has 0 spiro atoms. The van der Waals surface area contributed by atoms with Crippen molar-refractivity contribution in [2.45, 2.75) is 0 Å². The molecule has 0 amide bonds. The maximum absolute atomic E-state index is 13.2. The van der Waals surface area contributed by atoms with Crippen molar-refractivity contribution in [2.75, 3.05) is 0 Å². The third-order valence-corrected chi connectivity index (χ3v) is 2.39. The van der Waals surface area contributed by atoms with Crippen molar-refractivity contribution in [1.82, 2.24) is 0 Å². The largest absolute Gasteiger partial charge is 0.478 e. The van der Waals surface area contributed by atoms with Crippen LogP contribution in [0.15, 0.2) is 34.9 Å². The van der Waals surface area contributed by atoms with Gasteiger partial charge in [-0.05, 0) is 24.3 Å². The molecular formula is C11H6ClFO3. The Bertz CT molecular complexity index is 534.